The van der Waals surface area contributed by atoms with Gasteiger partial charge in [0.05, 0.1) is 0 Å². The van der Waals surface area contributed by atoms with Crippen molar-refractivity contribution in [2.75, 3.05) is 6.61 Å². The molecule has 0 fully saturated rings. The summed E-state index contributed by atoms with van der Waals surface area (Å²) in [5.74, 6) is 0. The molecule has 1 heteroatoms. The van der Waals surface area contributed by atoms with Crippen LogP contribution in [-0.4, -0.2) is 6.61 Å². The van der Waals surface area contributed by atoms with Crippen LogP contribution in [0.4, 0.5) is 0 Å². The molecule has 0 rings (SSSR count). The van der Waals surface area contributed by atoms with Crippen LogP contribution in [0.5, 0.6) is 0 Å². The molecule has 7 heavy (non-hydrogen) atoms. The third kappa shape index (κ3) is 5.70. The molecular weight excluding hydrogens is 88.1 g/mol. The minimum Gasteiger partial charge on any atom is -0.232 e. The summed E-state index contributed by atoms with van der Waals surface area (Å²) in [5.41, 5.74) is 0. The highest BCUT2D eigenvalue weighted by Gasteiger charge is 1.69. The Labute approximate surface area is 44.7 Å². The van der Waals surface area contributed by atoms with Gasteiger partial charge in [-0.15, -0.1) is 0 Å². The molecule has 0 saturated carbocycles. The van der Waals surface area contributed by atoms with Crippen molar-refractivity contribution in [3.63, 3.8) is 0 Å². The van der Waals surface area contributed by atoms with Crippen LogP contribution >= 0.6 is 0 Å². The van der Waals surface area contributed by atoms with E-state index in [9.17, 15) is 5.11 Å². The summed E-state index contributed by atoms with van der Waals surface area (Å²) in [5, 5.41) is 9.72. The summed E-state index contributed by atoms with van der Waals surface area (Å²) < 4.78 is 0. The molecule has 0 aromatic heterocycles. The molecule has 41 valence electrons. The maximum absolute atomic E-state index is 9.72. The van der Waals surface area contributed by atoms with Crippen molar-refractivity contribution in [1.82, 2.24) is 0 Å². The SMILES string of the molecule is CCC/C=C\C[O]. The van der Waals surface area contributed by atoms with Crippen LogP contribution in [0.25, 0.3) is 0 Å². The molecule has 0 aliphatic rings. The average molecular weight is 99.2 g/mol. The summed E-state index contributed by atoms with van der Waals surface area (Å²) in [7, 11) is 0. The van der Waals surface area contributed by atoms with E-state index in [1.807, 2.05) is 6.08 Å². The first kappa shape index (κ1) is 6.70. The molecule has 1 radical (unpaired) electrons. The summed E-state index contributed by atoms with van der Waals surface area (Å²) in [6.07, 6.45) is 5.76. The zero-order valence-corrected chi connectivity index (χ0v) is 4.68. The van der Waals surface area contributed by atoms with Gasteiger partial charge in [-0.25, -0.2) is 5.11 Å². The molecule has 0 unspecified atom stereocenters. The van der Waals surface area contributed by atoms with Gasteiger partial charge in [-0.2, -0.15) is 0 Å². The normalized spacial score (nSPS) is 10.6. The van der Waals surface area contributed by atoms with Gasteiger partial charge in [0, 0.05) is 0 Å². The Bertz CT molecular complexity index is 48.1. The van der Waals surface area contributed by atoms with Gasteiger partial charge in [0.25, 0.3) is 0 Å². The lowest BCUT2D eigenvalue weighted by Crippen LogP contribution is -1.67. The average Bonchev–Trinajstić information content (AvgIpc) is 1.69. The first-order valence-corrected chi connectivity index (χ1v) is 2.65. The van der Waals surface area contributed by atoms with Gasteiger partial charge in [-0.05, 0) is 6.42 Å². The summed E-state index contributed by atoms with van der Waals surface area (Å²) >= 11 is 0. The van der Waals surface area contributed by atoms with Crippen LogP contribution in [0, 0.1) is 0 Å². The Kier molecular flexibility index (Phi) is 5.46. The van der Waals surface area contributed by atoms with Crippen molar-refractivity contribution in [1.29, 1.82) is 0 Å². The maximum atomic E-state index is 9.72. The Balaban J connectivity index is 2.78. The quantitative estimate of drug-likeness (QED) is 0.480. The molecule has 0 bridgehead atoms. The van der Waals surface area contributed by atoms with E-state index >= 15 is 0 Å². The number of hydrogen-bond acceptors (Lipinski definition) is 0. The van der Waals surface area contributed by atoms with E-state index in [4.69, 9.17) is 0 Å². The van der Waals surface area contributed by atoms with Crippen LogP contribution < -0.4 is 0 Å². The fourth-order valence-electron chi connectivity index (χ4n) is 0.353. The summed E-state index contributed by atoms with van der Waals surface area (Å²) in [6.45, 7) is 2.02. The lowest BCUT2D eigenvalue weighted by molar-refractivity contribution is 0.232. The third-order valence-electron chi connectivity index (χ3n) is 0.718. The van der Waals surface area contributed by atoms with E-state index in [1.165, 1.54) is 0 Å². The minimum atomic E-state index is -0.0694. The smallest absolute Gasteiger partial charge is 0.100 e. The van der Waals surface area contributed by atoms with E-state index in [0.717, 1.165) is 12.8 Å². The van der Waals surface area contributed by atoms with Crippen molar-refractivity contribution in [2.45, 2.75) is 19.8 Å². The molecular formula is C6H11O. The first-order chi connectivity index (χ1) is 3.41. The van der Waals surface area contributed by atoms with E-state index < -0.39 is 0 Å². The second-order valence-corrected chi connectivity index (χ2v) is 1.43. The Morgan fingerprint density at radius 2 is 2.14 bits per heavy atom. The second-order valence-electron chi connectivity index (χ2n) is 1.43. The Morgan fingerprint density at radius 3 is 2.57 bits per heavy atom. The monoisotopic (exact) mass is 99.1 g/mol. The van der Waals surface area contributed by atoms with Crippen molar-refractivity contribution >= 4 is 0 Å². The zero-order valence-electron chi connectivity index (χ0n) is 4.68. The molecule has 0 N–H and O–H groups in total. The number of allylic oxidation sites excluding steroid dienone is 1. The van der Waals surface area contributed by atoms with Crippen LogP contribution in [0.3, 0.4) is 0 Å². The molecule has 0 atom stereocenters. The molecule has 0 amide bonds. The van der Waals surface area contributed by atoms with E-state index in [1.54, 1.807) is 6.08 Å². The Hall–Kier alpha value is -0.300. The predicted octanol–water partition coefficient (Wildman–Crippen LogP) is 1.77. The van der Waals surface area contributed by atoms with Crippen LogP contribution in [-0.2, 0) is 5.11 Å². The van der Waals surface area contributed by atoms with E-state index in [0.29, 0.717) is 0 Å². The van der Waals surface area contributed by atoms with Gasteiger partial charge in [-0.3, -0.25) is 0 Å². The van der Waals surface area contributed by atoms with Gasteiger partial charge in [0.1, 0.15) is 6.61 Å². The highest BCUT2D eigenvalue weighted by Crippen LogP contribution is 1.86. The second kappa shape index (κ2) is 5.70. The van der Waals surface area contributed by atoms with Crippen molar-refractivity contribution in [2.24, 2.45) is 0 Å². The largest absolute Gasteiger partial charge is 0.232 e. The zero-order chi connectivity index (χ0) is 5.54. The molecule has 0 aliphatic heterocycles. The maximum Gasteiger partial charge on any atom is 0.100 e. The summed E-state index contributed by atoms with van der Waals surface area (Å²) in [6, 6.07) is 0. The van der Waals surface area contributed by atoms with Gasteiger partial charge in [-0.1, -0.05) is 25.5 Å². The third-order valence-corrected chi connectivity index (χ3v) is 0.718. The lowest BCUT2D eigenvalue weighted by Gasteiger charge is -1.78. The van der Waals surface area contributed by atoms with Crippen LogP contribution in [0.15, 0.2) is 12.2 Å². The number of hydrogen-bond donors (Lipinski definition) is 0. The van der Waals surface area contributed by atoms with Crippen LogP contribution in [0.2, 0.25) is 0 Å². The molecule has 0 aromatic rings. The standard InChI is InChI=1S/C6H11O/c1-2-3-4-5-6-7/h4-5H,2-3,6H2,1H3/b5-4-. The van der Waals surface area contributed by atoms with E-state index in [-0.39, 0.29) is 6.61 Å². The fraction of sp³-hybridized carbons (Fsp3) is 0.667. The topological polar surface area (TPSA) is 19.9 Å². The number of unbranched alkanes of at least 4 members (excludes halogenated alkanes) is 1. The molecule has 0 heterocycles. The van der Waals surface area contributed by atoms with Gasteiger partial charge in [0.15, 0.2) is 0 Å². The molecule has 0 spiro atoms. The molecule has 0 saturated heterocycles. The first-order valence-electron chi connectivity index (χ1n) is 2.65. The highest BCUT2D eigenvalue weighted by molar-refractivity contribution is 4.79. The summed E-state index contributed by atoms with van der Waals surface area (Å²) in [4.78, 5) is 0. The minimum absolute atomic E-state index is 0.0694. The van der Waals surface area contributed by atoms with Crippen LogP contribution in [0.1, 0.15) is 19.8 Å². The lowest BCUT2D eigenvalue weighted by atomic mass is 10.3. The predicted molar refractivity (Wildman–Crippen MR) is 29.6 cm³/mol. The van der Waals surface area contributed by atoms with E-state index in [2.05, 4.69) is 6.92 Å². The Morgan fingerprint density at radius 1 is 1.43 bits per heavy atom. The molecule has 0 aromatic carbocycles. The fourth-order valence-corrected chi connectivity index (χ4v) is 0.353. The molecule has 0 aliphatic carbocycles. The van der Waals surface area contributed by atoms with Gasteiger partial charge >= 0.3 is 0 Å². The number of rotatable bonds is 3. The van der Waals surface area contributed by atoms with Crippen molar-refractivity contribution < 1.29 is 5.11 Å². The van der Waals surface area contributed by atoms with Crippen molar-refractivity contribution in [3.8, 4) is 0 Å². The van der Waals surface area contributed by atoms with Crippen molar-refractivity contribution in [3.05, 3.63) is 12.2 Å². The van der Waals surface area contributed by atoms with Gasteiger partial charge < -0.3 is 0 Å². The van der Waals surface area contributed by atoms with Gasteiger partial charge in [0.2, 0.25) is 0 Å². The highest BCUT2D eigenvalue weighted by atomic mass is 16.2. The molecule has 1 nitrogen and oxygen atoms in total.